The third kappa shape index (κ3) is 3.18. The number of aryl methyl sites for hydroxylation is 1. The van der Waals surface area contributed by atoms with Crippen LogP contribution in [0, 0.1) is 12.3 Å². The van der Waals surface area contributed by atoms with Gasteiger partial charge < -0.3 is 4.90 Å². The summed E-state index contributed by atoms with van der Waals surface area (Å²) in [6.45, 7) is 4.38. The Morgan fingerprint density at radius 3 is 2.69 bits per heavy atom. The largest absolute Gasteiger partial charge is 0.356 e. The van der Waals surface area contributed by atoms with E-state index >= 15 is 0 Å². The highest BCUT2D eigenvalue weighted by molar-refractivity contribution is 5.40. The summed E-state index contributed by atoms with van der Waals surface area (Å²) in [5.74, 6) is -1.86. The van der Waals surface area contributed by atoms with Gasteiger partial charge in [0.15, 0.2) is 0 Å². The van der Waals surface area contributed by atoms with E-state index < -0.39 is 11.3 Å². The number of alkyl halides is 2. The third-order valence-electron chi connectivity index (χ3n) is 5.70. The fourth-order valence-corrected chi connectivity index (χ4v) is 4.27. The Kier molecular flexibility index (Phi) is 4.39. The van der Waals surface area contributed by atoms with Crippen LogP contribution in [0.25, 0.3) is 0 Å². The van der Waals surface area contributed by atoms with Gasteiger partial charge in [-0.2, -0.15) is 0 Å². The van der Waals surface area contributed by atoms with E-state index in [1.165, 1.54) is 0 Å². The monoisotopic (exact) mass is 358 g/mol. The fraction of sp³-hybridized carbons (Fsp3) is 0.500. The first-order chi connectivity index (χ1) is 12.5. The summed E-state index contributed by atoms with van der Waals surface area (Å²) < 4.78 is 29.9. The SMILES string of the molecule is Cc1cccc(CN2CCC(F)(F)[C@@]3(CCN(c4ccccn4)C3)C2)n1. The van der Waals surface area contributed by atoms with Crippen molar-refractivity contribution in [2.45, 2.75) is 32.2 Å². The van der Waals surface area contributed by atoms with E-state index in [4.69, 9.17) is 0 Å². The van der Waals surface area contributed by atoms with Gasteiger partial charge in [-0.15, -0.1) is 0 Å². The van der Waals surface area contributed by atoms with Crippen LogP contribution in [0.15, 0.2) is 42.6 Å². The van der Waals surface area contributed by atoms with Gasteiger partial charge in [0, 0.05) is 51.0 Å². The molecule has 4 rings (SSSR count). The number of piperidine rings is 1. The molecule has 0 saturated carbocycles. The first-order valence-corrected chi connectivity index (χ1v) is 9.16. The lowest BCUT2D eigenvalue weighted by molar-refractivity contribution is -0.159. The number of aromatic nitrogens is 2. The molecule has 0 bridgehead atoms. The molecule has 2 aliphatic heterocycles. The van der Waals surface area contributed by atoms with Gasteiger partial charge >= 0.3 is 0 Å². The van der Waals surface area contributed by atoms with E-state index in [0.29, 0.717) is 39.1 Å². The van der Waals surface area contributed by atoms with E-state index in [0.717, 1.165) is 17.2 Å². The molecule has 0 radical (unpaired) electrons. The van der Waals surface area contributed by atoms with Crippen LogP contribution >= 0.6 is 0 Å². The Hall–Kier alpha value is -2.08. The lowest BCUT2D eigenvalue weighted by atomic mass is 9.75. The molecule has 1 atom stereocenters. The van der Waals surface area contributed by atoms with Gasteiger partial charge in [0.25, 0.3) is 5.92 Å². The molecule has 2 aliphatic rings. The molecule has 0 aliphatic carbocycles. The Bertz CT molecular complexity index is 767. The van der Waals surface area contributed by atoms with Crippen LogP contribution in [0.5, 0.6) is 0 Å². The lowest BCUT2D eigenvalue weighted by Gasteiger charge is -2.45. The molecule has 0 aromatic carbocycles. The van der Waals surface area contributed by atoms with Crippen LogP contribution in [0.4, 0.5) is 14.6 Å². The minimum Gasteiger partial charge on any atom is -0.356 e. The highest BCUT2D eigenvalue weighted by atomic mass is 19.3. The average Bonchev–Trinajstić information content (AvgIpc) is 3.05. The minimum atomic E-state index is -2.65. The number of hydrogen-bond donors (Lipinski definition) is 0. The number of pyridine rings is 2. The molecule has 1 spiro atoms. The molecular weight excluding hydrogens is 334 g/mol. The van der Waals surface area contributed by atoms with Gasteiger partial charge in [0.1, 0.15) is 5.82 Å². The van der Waals surface area contributed by atoms with Gasteiger partial charge in [0.2, 0.25) is 0 Å². The van der Waals surface area contributed by atoms with Crippen molar-refractivity contribution in [3.63, 3.8) is 0 Å². The first kappa shape index (κ1) is 17.3. The zero-order valence-corrected chi connectivity index (χ0v) is 15.0. The molecule has 2 aromatic heterocycles. The summed E-state index contributed by atoms with van der Waals surface area (Å²) in [5.41, 5.74) is 0.902. The molecule has 2 aromatic rings. The topological polar surface area (TPSA) is 32.3 Å². The highest BCUT2D eigenvalue weighted by Crippen LogP contribution is 2.50. The highest BCUT2D eigenvalue weighted by Gasteiger charge is 2.59. The predicted molar refractivity (Wildman–Crippen MR) is 97.3 cm³/mol. The maximum atomic E-state index is 14.9. The summed E-state index contributed by atoms with van der Waals surface area (Å²) in [4.78, 5) is 13.0. The number of anilines is 1. The first-order valence-electron chi connectivity index (χ1n) is 9.16. The van der Waals surface area contributed by atoms with Crippen LogP contribution in [0.3, 0.4) is 0 Å². The molecule has 0 amide bonds. The van der Waals surface area contributed by atoms with Crippen molar-refractivity contribution in [2.75, 3.05) is 31.1 Å². The number of rotatable bonds is 3. The lowest BCUT2D eigenvalue weighted by Crippen LogP contribution is -2.56. The predicted octanol–water partition coefficient (Wildman–Crippen LogP) is 3.52. The quantitative estimate of drug-likeness (QED) is 0.840. The van der Waals surface area contributed by atoms with E-state index in [-0.39, 0.29) is 6.42 Å². The molecule has 2 fully saturated rings. The van der Waals surface area contributed by atoms with Gasteiger partial charge in [-0.3, -0.25) is 9.88 Å². The molecule has 0 unspecified atom stereocenters. The van der Waals surface area contributed by atoms with Crippen molar-refractivity contribution in [1.82, 2.24) is 14.9 Å². The summed E-state index contributed by atoms with van der Waals surface area (Å²) in [6, 6.07) is 11.6. The molecule has 4 nitrogen and oxygen atoms in total. The van der Waals surface area contributed by atoms with E-state index in [1.54, 1.807) is 6.20 Å². The average molecular weight is 358 g/mol. The standard InChI is InChI=1S/C20H24F2N4/c1-16-5-4-6-17(24-16)13-25-11-9-20(21,22)19(14-25)8-12-26(15-19)18-7-2-3-10-23-18/h2-7,10H,8-9,11-15H2,1H3/t19-/m0/s1. The van der Waals surface area contributed by atoms with Gasteiger partial charge in [-0.25, -0.2) is 13.8 Å². The third-order valence-corrected chi connectivity index (χ3v) is 5.70. The number of hydrogen-bond acceptors (Lipinski definition) is 4. The fourth-order valence-electron chi connectivity index (χ4n) is 4.27. The van der Waals surface area contributed by atoms with E-state index in [9.17, 15) is 8.78 Å². The summed E-state index contributed by atoms with van der Waals surface area (Å²) >= 11 is 0. The molecule has 0 N–H and O–H groups in total. The van der Waals surface area contributed by atoms with E-state index in [1.807, 2.05) is 48.2 Å². The van der Waals surface area contributed by atoms with Crippen molar-refractivity contribution < 1.29 is 8.78 Å². The minimum absolute atomic E-state index is 0.0884. The Labute approximate surface area is 152 Å². The van der Waals surface area contributed by atoms with Crippen LogP contribution in [-0.4, -0.2) is 47.0 Å². The van der Waals surface area contributed by atoms with Gasteiger partial charge in [-0.05, 0) is 37.6 Å². The van der Waals surface area contributed by atoms with Crippen molar-refractivity contribution in [2.24, 2.45) is 5.41 Å². The zero-order chi connectivity index (χ0) is 18.2. The Morgan fingerprint density at radius 1 is 1.04 bits per heavy atom. The molecular formula is C20H24F2N4. The Balaban J connectivity index is 1.52. The number of halogens is 2. The molecule has 4 heterocycles. The molecule has 26 heavy (non-hydrogen) atoms. The summed E-state index contributed by atoms with van der Waals surface area (Å²) in [5, 5.41) is 0. The van der Waals surface area contributed by atoms with Crippen LogP contribution < -0.4 is 4.90 Å². The maximum absolute atomic E-state index is 14.9. The zero-order valence-electron chi connectivity index (χ0n) is 15.0. The van der Waals surface area contributed by atoms with Crippen molar-refractivity contribution in [1.29, 1.82) is 0 Å². The molecule has 2 saturated heterocycles. The van der Waals surface area contributed by atoms with Gasteiger partial charge in [-0.1, -0.05) is 12.1 Å². The second-order valence-corrected chi connectivity index (χ2v) is 7.58. The van der Waals surface area contributed by atoms with Gasteiger partial charge in [0.05, 0.1) is 11.1 Å². The van der Waals surface area contributed by atoms with Crippen molar-refractivity contribution in [3.05, 3.63) is 54.0 Å². The Morgan fingerprint density at radius 2 is 1.92 bits per heavy atom. The van der Waals surface area contributed by atoms with Crippen LogP contribution in [-0.2, 0) is 6.54 Å². The second-order valence-electron chi connectivity index (χ2n) is 7.58. The van der Waals surface area contributed by atoms with E-state index in [2.05, 4.69) is 14.9 Å². The molecule has 138 valence electrons. The van der Waals surface area contributed by atoms with Crippen LogP contribution in [0.2, 0.25) is 0 Å². The smallest absolute Gasteiger partial charge is 0.257 e. The van der Waals surface area contributed by atoms with Crippen molar-refractivity contribution in [3.8, 4) is 0 Å². The number of nitrogens with zero attached hydrogens (tertiary/aromatic N) is 4. The normalized spacial score (nSPS) is 25.7. The van der Waals surface area contributed by atoms with Crippen LogP contribution in [0.1, 0.15) is 24.2 Å². The van der Waals surface area contributed by atoms with Crippen molar-refractivity contribution >= 4 is 5.82 Å². The second kappa shape index (κ2) is 6.58. The maximum Gasteiger partial charge on any atom is 0.257 e. The molecule has 6 heteroatoms. The summed E-state index contributed by atoms with van der Waals surface area (Å²) in [7, 11) is 0. The summed E-state index contributed by atoms with van der Waals surface area (Å²) in [6.07, 6.45) is 2.12. The number of likely N-dealkylation sites (tertiary alicyclic amines) is 1.